The molecule has 0 bridgehead atoms. The van der Waals surface area contributed by atoms with Crippen molar-refractivity contribution in [2.45, 2.75) is 47.1 Å². The summed E-state index contributed by atoms with van der Waals surface area (Å²) in [6.45, 7) is 13.2. The van der Waals surface area contributed by atoms with Crippen LogP contribution in [0.25, 0.3) is 22.3 Å². The molecule has 43 heavy (non-hydrogen) atoms. The van der Waals surface area contributed by atoms with E-state index in [1.807, 2.05) is 53.7 Å². The van der Waals surface area contributed by atoms with E-state index in [1.54, 1.807) is 43.3 Å². The molecule has 0 atom stereocenters. The molecule has 0 saturated carbocycles. The number of halogens is 1. The topological polar surface area (TPSA) is 124 Å². The molecule has 230 valence electrons. The summed E-state index contributed by atoms with van der Waals surface area (Å²) < 4.78 is 5.40. The van der Waals surface area contributed by atoms with E-state index < -0.39 is 5.60 Å². The lowest BCUT2D eigenvalue weighted by Gasteiger charge is -2.24. The molecule has 0 radical (unpaired) electrons. The number of amides is 2. The van der Waals surface area contributed by atoms with E-state index in [1.165, 1.54) is 11.1 Å². The van der Waals surface area contributed by atoms with E-state index in [2.05, 4.69) is 10.6 Å². The molecule has 0 aliphatic heterocycles. The summed E-state index contributed by atoms with van der Waals surface area (Å²) >= 11 is 6.31. The Balaban J connectivity index is 1.87. The predicted octanol–water partition coefficient (Wildman–Crippen LogP) is 6.14. The lowest BCUT2D eigenvalue weighted by Crippen LogP contribution is -2.36. The number of carbonyl (C=O) groups is 2. The number of carbonyl (C=O) groups excluding carboxylic acids is 2. The van der Waals surface area contributed by atoms with E-state index in [-0.39, 0.29) is 18.5 Å². The molecule has 1 aromatic carbocycles. The summed E-state index contributed by atoms with van der Waals surface area (Å²) in [5, 5.41) is 15.5. The first kappa shape index (κ1) is 33.3. The number of hydrogen-bond acceptors (Lipinski definition) is 8. The van der Waals surface area contributed by atoms with Gasteiger partial charge in [-0.15, -0.1) is 0 Å². The molecule has 10 nitrogen and oxygen atoms in total. The smallest absolute Gasteiger partial charge is 0.410 e. The Morgan fingerprint density at radius 2 is 1.79 bits per heavy atom. The van der Waals surface area contributed by atoms with Crippen LogP contribution in [0.1, 0.15) is 50.7 Å². The van der Waals surface area contributed by atoms with Crippen LogP contribution in [-0.2, 0) is 4.74 Å². The highest BCUT2D eigenvalue weighted by Gasteiger charge is 2.21. The van der Waals surface area contributed by atoms with Crippen LogP contribution in [-0.4, -0.2) is 83.9 Å². The Labute approximate surface area is 259 Å². The summed E-state index contributed by atoms with van der Waals surface area (Å²) in [7, 11) is 3.41. The molecule has 3 rings (SSSR count). The number of allylic oxidation sites excluding steroid dienone is 1. The van der Waals surface area contributed by atoms with Crippen molar-refractivity contribution in [1.29, 1.82) is 5.41 Å². The summed E-state index contributed by atoms with van der Waals surface area (Å²) in [5.41, 5.74) is 4.83. The molecule has 0 spiro atoms. The summed E-state index contributed by atoms with van der Waals surface area (Å²) in [4.78, 5) is 38.7. The minimum Gasteiger partial charge on any atom is -0.444 e. The van der Waals surface area contributed by atoms with Crippen molar-refractivity contribution in [3.8, 4) is 11.4 Å². The van der Waals surface area contributed by atoms with Gasteiger partial charge in [0.15, 0.2) is 0 Å². The molecule has 0 aliphatic carbocycles. The zero-order valence-electron chi connectivity index (χ0n) is 26.3. The molecule has 11 heteroatoms. The molecule has 3 aromatic rings. The Bertz CT molecular complexity index is 1530. The number of rotatable bonds is 11. The first-order chi connectivity index (χ1) is 20.2. The second-order valence-corrected chi connectivity index (χ2v) is 11.8. The number of aryl methyl sites for hydroxylation is 1. The van der Waals surface area contributed by atoms with Crippen molar-refractivity contribution in [2.24, 2.45) is 0 Å². The fraction of sp³-hybridized carbons (Fsp3) is 0.406. The van der Waals surface area contributed by atoms with Crippen LogP contribution in [0.15, 0.2) is 47.7 Å². The molecular formula is C32H42ClN7O3. The minimum absolute atomic E-state index is 0.219. The fourth-order valence-electron chi connectivity index (χ4n) is 4.37. The molecule has 0 aliphatic rings. The molecule has 0 fully saturated rings. The highest BCUT2D eigenvalue weighted by Crippen LogP contribution is 2.28. The predicted molar refractivity (Wildman–Crippen MR) is 174 cm³/mol. The number of nitrogens with zero attached hydrogens (tertiary/aromatic N) is 4. The van der Waals surface area contributed by atoms with Gasteiger partial charge in [0.2, 0.25) is 0 Å². The van der Waals surface area contributed by atoms with Crippen molar-refractivity contribution >= 4 is 46.4 Å². The van der Waals surface area contributed by atoms with Crippen molar-refractivity contribution in [3.05, 3.63) is 63.9 Å². The Kier molecular flexibility index (Phi) is 11.1. The lowest BCUT2D eigenvalue weighted by molar-refractivity contribution is 0.0305. The SMILES string of the molecule is CCN/C(C)=C(\C=N)CN(C)C(=O)c1cc(-c2ccc(NCCN(C)C(=O)OC(C)(C)C)c(C)n2)nc2ccc(Cl)cc12. The third-order valence-corrected chi connectivity index (χ3v) is 6.90. The van der Waals surface area contributed by atoms with Gasteiger partial charge in [0.25, 0.3) is 5.91 Å². The van der Waals surface area contributed by atoms with Crippen LogP contribution >= 0.6 is 11.6 Å². The van der Waals surface area contributed by atoms with Gasteiger partial charge >= 0.3 is 6.09 Å². The zero-order valence-corrected chi connectivity index (χ0v) is 27.0. The van der Waals surface area contributed by atoms with Gasteiger partial charge in [-0.25, -0.2) is 14.8 Å². The number of likely N-dealkylation sites (N-methyl/N-ethyl adjacent to an activating group) is 2. The number of ether oxygens (including phenoxy) is 1. The monoisotopic (exact) mass is 607 g/mol. The normalized spacial score (nSPS) is 11.9. The molecule has 3 N–H and O–H groups in total. The van der Waals surface area contributed by atoms with Gasteiger partial charge < -0.3 is 30.6 Å². The van der Waals surface area contributed by atoms with Crippen LogP contribution in [0.3, 0.4) is 0 Å². The second-order valence-electron chi connectivity index (χ2n) is 11.4. The highest BCUT2D eigenvalue weighted by molar-refractivity contribution is 6.31. The van der Waals surface area contributed by atoms with Crippen molar-refractivity contribution in [2.75, 3.05) is 45.6 Å². The van der Waals surface area contributed by atoms with E-state index in [0.717, 1.165) is 23.6 Å². The first-order valence-corrected chi connectivity index (χ1v) is 14.6. The summed E-state index contributed by atoms with van der Waals surface area (Å²) in [5.74, 6) is -0.219. The molecule has 0 saturated heterocycles. The average molecular weight is 608 g/mol. The van der Waals surface area contributed by atoms with Crippen LogP contribution in [0.5, 0.6) is 0 Å². The van der Waals surface area contributed by atoms with Gasteiger partial charge in [-0.1, -0.05) is 11.6 Å². The van der Waals surface area contributed by atoms with Crippen molar-refractivity contribution in [3.63, 3.8) is 0 Å². The van der Waals surface area contributed by atoms with Gasteiger partial charge in [-0.2, -0.15) is 0 Å². The van der Waals surface area contributed by atoms with Crippen LogP contribution < -0.4 is 10.6 Å². The maximum atomic E-state index is 13.8. The van der Waals surface area contributed by atoms with E-state index in [4.69, 9.17) is 31.7 Å². The quantitative estimate of drug-likeness (QED) is 0.224. The number of fused-ring (bicyclic) bond motifs is 1. The molecule has 2 amide bonds. The maximum Gasteiger partial charge on any atom is 0.410 e. The van der Waals surface area contributed by atoms with E-state index in [9.17, 15) is 9.59 Å². The molecule has 2 heterocycles. The largest absolute Gasteiger partial charge is 0.444 e. The van der Waals surface area contributed by atoms with Crippen molar-refractivity contribution < 1.29 is 14.3 Å². The highest BCUT2D eigenvalue weighted by atomic mass is 35.5. The van der Waals surface area contributed by atoms with E-state index >= 15 is 0 Å². The molecule has 0 unspecified atom stereocenters. The Morgan fingerprint density at radius 1 is 1.07 bits per heavy atom. The maximum absolute atomic E-state index is 13.8. The molecular weight excluding hydrogens is 566 g/mol. The fourth-order valence-corrected chi connectivity index (χ4v) is 4.54. The number of pyridine rings is 2. The Morgan fingerprint density at radius 3 is 2.42 bits per heavy atom. The van der Waals surface area contributed by atoms with Gasteiger partial charge in [0.1, 0.15) is 5.60 Å². The van der Waals surface area contributed by atoms with Gasteiger partial charge in [0, 0.05) is 68.2 Å². The lowest BCUT2D eigenvalue weighted by atomic mass is 10.0. The van der Waals surface area contributed by atoms with Crippen LogP contribution in [0, 0.1) is 12.3 Å². The van der Waals surface area contributed by atoms with Gasteiger partial charge in [-0.05, 0) is 77.9 Å². The van der Waals surface area contributed by atoms with Crippen LogP contribution in [0.2, 0.25) is 5.02 Å². The van der Waals surface area contributed by atoms with Crippen molar-refractivity contribution in [1.82, 2.24) is 25.1 Å². The average Bonchev–Trinajstić information content (AvgIpc) is 2.94. The number of aromatic nitrogens is 2. The van der Waals surface area contributed by atoms with Gasteiger partial charge in [-0.3, -0.25) is 4.79 Å². The second kappa shape index (κ2) is 14.3. The number of hydrogen-bond donors (Lipinski definition) is 3. The molecule has 2 aromatic heterocycles. The minimum atomic E-state index is -0.552. The number of benzene rings is 1. The standard InChI is InChI=1S/C32H42ClN7O3/c1-9-35-20(2)22(18-34)19-40(8)30(41)25-17-29(38-27-11-10-23(33)16-24(25)27)28-13-12-26(21(3)37-28)36-14-15-39(7)31(42)43-32(4,5)6/h10-13,16-18,34-36H,9,14-15,19H2,1-8H3/b22-20+,34-18?. The van der Waals surface area contributed by atoms with E-state index in [0.29, 0.717) is 51.5 Å². The van der Waals surface area contributed by atoms with Gasteiger partial charge in [0.05, 0.1) is 33.8 Å². The number of anilines is 1. The summed E-state index contributed by atoms with van der Waals surface area (Å²) in [6, 6.07) is 10.8. The number of nitrogens with one attached hydrogen (secondary N) is 3. The van der Waals surface area contributed by atoms with Crippen LogP contribution in [0.4, 0.5) is 10.5 Å². The first-order valence-electron chi connectivity index (χ1n) is 14.2. The summed E-state index contributed by atoms with van der Waals surface area (Å²) in [6.07, 6.45) is 0.893. The zero-order chi connectivity index (χ0) is 31.9. The third-order valence-electron chi connectivity index (χ3n) is 6.67. The third kappa shape index (κ3) is 8.90. The Hall–Kier alpha value is -4.18.